The second kappa shape index (κ2) is 11.8. The third-order valence-electron chi connectivity index (χ3n) is 8.34. The van der Waals surface area contributed by atoms with E-state index in [1.165, 1.54) is 24.7 Å². The minimum absolute atomic E-state index is 0.203. The van der Waals surface area contributed by atoms with Crippen LogP contribution in [0.25, 0.3) is 5.52 Å². The Morgan fingerprint density at radius 3 is 2.60 bits per heavy atom. The molecule has 13 nitrogen and oxygen atoms in total. The molecule has 5 N–H and O–H groups in total. The summed E-state index contributed by atoms with van der Waals surface area (Å²) in [5.41, 5.74) is 3.38. The Hall–Kier alpha value is -3.06. The van der Waals surface area contributed by atoms with Crippen molar-refractivity contribution >= 4 is 25.1 Å². The summed E-state index contributed by atoms with van der Waals surface area (Å²) in [6.45, 7) is 6.65. The van der Waals surface area contributed by atoms with Crippen molar-refractivity contribution in [3.8, 4) is 5.75 Å². The summed E-state index contributed by atoms with van der Waals surface area (Å²) in [4.78, 5) is 16.9. The molecule has 2 aromatic heterocycles. The average molecular weight is 618 g/mol. The lowest BCUT2D eigenvalue weighted by Crippen LogP contribution is -2.50. The first-order valence-corrected chi connectivity index (χ1v) is 15.9. The molecule has 0 spiro atoms. The van der Waals surface area contributed by atoms with Crippen molar-refractivity contribution in [1.29, 1.82) is 0 Å². The van der Waals surface area contributed by atoms with Crippen LogP contribution in [0.15, 0.2) is 48.8 Å². The summed E-state index contributed by atoms with van der Waals surface area (Å²) in [5, 5.41) is 29.8. The number of hydrogen-bond acceptors (Lipinski definition) is 11. The molecule has 1 aromatic carbocycles. The number of benzene rings is 1. The molecule has 234 valence electrons. The maximum absolute atomic E-state index is 14.1. The van der Waals surface area contributed by atoms with Gasteiger partial charge in [0, 0.05) is 0 Å². The summed E-state index contributed by atoms with van der Waals surface area (Å²) in [7, 11) is -4.26. The summed E-state index contributed by atoms with van der Waals surface area (Å²) in [6.07, 6.45) is 2.88. The van der Waals surface area contributed by atoms with E-state index in [1.807, 2.05) is 0 Å². The Balaban J connectivity index is 1.30. The number of rotatable bonds is 10. The number of ether oxygens (including phenoxy) is 2. The monoisotopic (exact) mass is 617 g/mol. The van der Waals surface area contributed by atoms with E-state index in [0.717, 1.165) is 25.7 Å². The van der Waals surface area contributed by atoms with E-state index in [1.54, 1.807) is 42.5 Å². The van der Waals surface area contributed by atoms with Crippen LogP contribution in [0, 0.1) is 5.41 Å². The van der Waals surface area contributed by atoms with Gasteiger partial charge in [-0.1, -0.05) is 32.0 Å². The molecule has 1 unspecified atom stereocenters. The van der Waals surface area contributed by atoms with E-state index in [-0.39, 0.29) is 35.4 Å². The van der Waals surface area contributed by atoms with Crippen molar-refractivity contribution < 1.29 is 38.1 Å². The fraction of sp³-hybridized carbons (Fsp3) is 0.552. The van der Waals surface area contributed by atoms with E-state index >= 15 is 0 Å². The van der Waals surface area contributed by atoms with Gasteiger partial charge in [0.05, 0.1) is 18.9 Å². The Kier molecular flexibility index (Phi) is 8.60. The molecule has 1 saturated carbocycles. The van der Waals surface area contributed by atoms with Crippen LogP contribution in [0.1, 0.15) is 59.1 Å². The third kappa shape index (κ3) is 6.57. The Morgan fingerprint density at radius 1 is 1.21 bits per heavy atom. The van der Waals surface area contributed by atoms with Gasteiger partial charge in [-0.15, -0.1) is 0 Å². The Labute approximate surface area is 250 Å². The molecule has 0 amide bonds. The first-order chi connectivity index (χ1) is 20.2. The van der Waals surface area contributed by atoms with Crippen LogP contribution < -0.4 is 15.3 Å². The Bertz CT molecular complexity index is 1490. The van der Waals surface area contributed by atoms with Gasteiger partial charge in [0.1, 0.15) is 41.4 Å². The van der Waals surface area contributed by atoms with Crippen molar-refractivity contribution in [3.05, 3.63) is 54.5 Å². The summed E-state index contributed by atoms with van der Waals surface area (Å²) < 4.78 is 38.6. The molecule has 3 heterocycles. The molecule has 0 radical (unpaired) electrons. The van der Waals surface area contributed by atoms with Gasteiger partial charge >= 0.3 is 13.7 Å². The summed E-state index contributed by atoms with van der Waals surface area (Å²) >= 11 is 0. The average Bonchev–Trinajstić information content (AvgIpc) is 3.51. The first-order valence-electron chi connectivity index (χ1n) is 14.3. The standard InChI is InChI=1S/C29H40N5O8P/c1-19(25(35)41-20-12-14-27(2,3)15-13-20)33-43(38,42-21-8-6-5-7-9-21)40-16-28(4)26(36)29(37,17-39-28)23-11-10-22-24(30)31-18-32-34(22)23/h5-11,18-20,26,36-37H,12-17H2,1-4H3,(H,33,38)(H2,30,31,32)/t19-,26+,28+,29+,43?/m0/s1. The smallest absolute Gasteiger partial charge is 0.459 e. The highest BCUT2D eigenvalue weighted by Gasteiger charge is 2.58. The number of carbonyl (C=O) groups excluding carboxylic acids is 1. The number of carbonyl (C=O) groups is 1. The molecular formula is C29H40N5O8P. The van der Waals surface area contributed by atoms with Crippen LogP contribution in [0.5, 0.6) is 5.75 Å². The molecular weight excluding hydrogens is 577 g/mol. The maximum Gasteiger partial charge on any atom is 0.459 e. The van der Waals surface area contributed by atoms with Crippen molar-refractivity contribution in [1.82, 2.24) is 19.7 Å². The number of para-hydroxylation sites is 1. The van der Waals surface area contributed by atoms with Gasteiger partial charge in [0.25, 0.3) is 0 Å². The lowest BCUT2D eigenvalue weighted by Gasteiger charge is -2.34. The van der Waals surface area contributed by atoms with Gasteiger partial charge in [0.15, 0.2) is 11.4 Å². The van der Waals surface area contributed by atoms with Gasteiger partial charge in [-0.05, 0) is 69.2 Å². The highest BCUT2D eigenvalue weighted by Crippen LogP contribution is 2.48. The molecule has 0 bridgehead atoms. The molecule has 14 heteroatoms. The van der Waals surface area contributed by atoms with Crippen molar-refractivity contribution in [2.45, 2.75) is 82.8 Å². The van der Waals surface area contributed by atoms with E-state index in [4.69, 9.17) is 24.3 Å². The van der Waals surface area contributed by atoms with Crippen molar-refractivity contribution in [3.63, 3.8) is 0 Å². The zero-order valence-corrected chi connectivity index (χ0v) is 25.7. The van der Waals surface area contributed by atoms with Gasteiger partial charge < -0.3 is 29.9 Å². The molecule has 3 aromatic rings. The molecule has 5 atom stereocenters. The number of anilines is 1. The van der Waals surface area contributed by atoms with Crippen LogP contribution >= 0.6 is 7.75 Å². The van der Waals surface area contributed by atoms with Crippen LogP contribution in [-0.2, 0) is 29.0 Å². The number of nitrogens with two attached hydrogens (primary N) is 1. The Morgan fingerprint density at radius 2 is 1.91 bits per heavy atom. The number of esters is 1. The highest BCUT2D eigenvalue weighted by molar-refractivity contribution is 7.52. The van der Waals surface area contributed by atoms with Crippen LogP contribution in [0.3, 0.4) is 0 Å². The first kappa shape index (κ1) is 31.4. The predicted octanol–water partition coefficient (Wildman–Crippen LogP) is 3.34. The highest BCUT2D eigenvalue weighted by atomic mass is 31.2. The van der Waals surface area contributed by atoms with Crippen LogP contribution in [0.2, 0.25) is 0 Å². The van der Waals surface area contributed by atoms with Crippen molar-refractivity contribution in [2.24, 2.45) is 5.41 Å². The van der Waals surface area contributed by atoms with Gasteiger partial charge in [-0.3, -0.25) is 9.32 Å². The molecule has 2 aliphatic rings. The largest absolute Gasteiger partial charge is 0.461 e. The minimum Gasteiger partial charge on any atom is -0.461 e. The number of nitrogen functional groups attached to an aromatic ring is 1. The second-order valence-electron chi connectivity index (χ2n) is 12.4. The second-order valence-corrected chi connectivity index (χ2v) is 14.1. The lowest BCUT2D eigenvalue weighted by molar-refractivity contribution is -0.153. The molecule has 2 fully saturated rings. The molecule has 43 heavy (non-hydrogen) atoms. The lowest BCUT2D eigenvalue weighted by atomic mass is 9.76. The van der Waals surface area contributed by atoms with Gasteiger partial charge in [0.2, 0.25) is 0 Å². The third-order valence-corrected chi connectivity index (χ3v) is 9.97. The summed E-state index contributed by atoms with van der Waals surface area (Å²) in [6, 6.07) is 10.5. The number of nitrogens with one attached hydrogen (secondary N) is 1. The molecule has 1 aliphatic carbocycles. The van der Waals surface area contributed by atoms with E-state index in [9.17, 15) is 19.6 Å². The van der Waals surface area contributed by atoms with Crippen LogP contribution in [-0.4, -0.2) is 67.8 Å². The fourth-order valence-corrected chi connectivity index (χ4v) is 7.11. The zero-order valence-electron chi connectivity index (χ0n) is 24.8. The van der Waals surface area contributed by atoms with E-state index < -0.39 is 43.7 Å². The number of nitrogens with zero attached hydrogens (tertiary/aromatic N) is 3. The maximum atomic E-state index is 14.1. The molecule has 1 aliphatic heterocycles. The number of aliphatic hydroxyl groups is 2. The predicted molar refractivity (Wildman–Crippen MR) is 157 cm³/mol. The van der Waals surface area contributed by atoms with Crippen molar-refractivity contribution in [2.75, 3.05) is 18.9 Å². The van der Waals surface area contributed by atoms with Gasteiger partial charge in [-0.2, -0.15) is 10.2 Å². The SMILES string of the molecule is C[C@H](NP(=O)(OC[C@@]1(C)OC[C@@](O)(c2ccc3c(N)ncnn23)[C@@H]1O)Oc1ccccc1)C(=O)OC1CCC(C)(C)CC1. The quantitative estimate of drug-likeness (QED) is 0.193. The number of hydrogen-bond donors (Lipinski definition) is 4. The topological polar surface area (TPSA) is 180 Å². The molecule has 1 saturated heterocycles. The van der Waals surface area contributed by atoms with Gasteiger partial charge in [-0.25, -0.2) is 14.1 Å². The normalized spacial score (nSPS) is 27.9. The number of aliphatic hydroxyl groups excluding tert-OH is 1. The number of fused-ring (bicyclic) bond motifs is 1. The van der Waals surface area contributed by atoms with Crippen LogP contribution in [0.4, 0.5) is 5.82 Å². The van der Waals surface area contributed by atoms with E-state index in [2.05, 4.69) is 29.0 Å². The van der Waals surface area contributed by atoms with E-state index in [0.29, 0.717) is 5.52 Å². The fourth-order valence-electron chi connectivity index (χ4n) is 5.52. The minimum atomic E-state index is -4.26. The summed E-state index contributed by atoms with van der Waals surface area (Å²) in [5.74, 6) is -0.140. The molecule has 5 rings (SSSR count). The number of aromatic nitrogens is 3. The zero-order chi connectivity index (χ0) is 31.0.